The van der Waals surface area contributed by atoms with Crippen LogP contribution in [0.2, 0.25) is 5.15 Å². The van der Waals surface area contributed by atoms with Crippen LogP contribution in [0.4, 0.5) is 5.69 Å². The lowest BCUT2D eigenvalue weighted by molar-refractivity contribution is 0.905. The van der Waals surface area contributed by atoms with Crippen molar-refractivity contribution in [1.29, 1.82) is 0 Å². The highest BCUT2D eigenvalue weighted by Gasteiger charge is 2.10. The van der Waals surface area contributed by atoms with Crippen molar-refractivity contribution in [2.45, 2.75) is 13.0 Å². The van der Waals surface area contributed by atoms with Crippen LogP contribution < -0.4 is 5.32 Å². The van der Waals surface area contributed by atoms with Gasteiger partial charge in [-0.15, -0.1) is 11.3 Å². The second kappa shape index (κ2) is 5.69. The van der Waals surface area contributed by atoms with Crippen LogP contribution in [0.25, 0.3) is 0 Å². The fraction of sp³-hybridized carbons (Fsp3) is 0.182. The zero-order valence-corrected chi connectivity index (χ0v) is 13.6. The van der Waals surface area contributed by atoms with Gasteiger partial charge >= 0.3 is 0 Å². The summed E-state index contributed by atoms with van der Waals surface area (Å²) >= 11 is 14.6. The topological polar surface area (TPSA) is 24.9 Å². The van der Waals surface area contributed by atoms with Crippen LogP contribution in [0.5, 0.6) is 0 Å². The Hall–Kier alpha value is -0.100. The molecule has 2 aromatic rings. The van der Waals surface area contributed by atoms with E-state index in [0.29, 0.717) is 5.15 Å². The molecule has 6 heteroatoms. The van der Waals surface area contributed by atoms with Crippen molar-refractivity contribution in [3.05, 3.63) is 42.7 Å². The molecule has 0 amide bonds. The van der Waals surface area contributed by atoms with Crippen LogP contribution in [0.1, 0.15) is 17.8 Å². The SMILES string of the molecule is CC(Nc1cc(Br)cnc1Cl)c1ccc(Br)s1. The molecular formula is C11H9Br2ClN2S. The van der Waals surface area contributed by atoms with Crippen LogP contribution >= 0.6 is 54.8 Å². The number of hydrogen-bond donors (Lipinski definition) is 1. The number of halogens is 3. The van der Waals surface area contributed by atoms with Crippen molar-refractivity contribution in [3.63, 3.8) is 0 Å². The summed E-state index contributed by atoms with van der Waals surface area (Å²) < 4.78 is 2.03. The monoisotopic (exact) mass is 394 g/mol. The van der Waals surface area contributed by atoms with Gasteiger partial charge in [0, 0.05) is 15.5 Å². The molecule has 0 fully saturated rings. The quantitative estimate of drug-likeness (QED) is 0.694. The Morgan fingerprint density at radius 3 is 2.82 bits per heavy atom. The average Bonchev–Trinajstić information content (AvgIpc) is 2.70. The van der Waals surface area contributed by atoms with Crippen LogP contribution in [-0.4, -0.2) is 4.98 Å². The van der Waals surface area contributed by atoms with E-state index in [4.69, 9.17) is 11.6 Å². The minimum atomic E-state index is 0.194. The van der Waals surface area contributed by atoms with E-state index in [0.717, 1.165) is 13.9 Å². The molecule has 0 aliphatic rings. The Bertz CT molecular complexity index is 530. The molecule has 2 nitrogen and oxygen atoms in total. The summed E-state index contributed by atoms with van der Waals surface area (Å²) in [7, 11) is 0. The van der Waals surface area contributed by atoms with Gasteiger partial charge in [-0.25, -0.2) is 4.98 Å². The summed E-state index contributed by atoms with van der Waals surface area (Å²) in [6.45, 7) is 2.09. The molecule has 2 heterocycles. The van der Waals surface area contributed by atoms with Gasteiger partial charge in [0.15, 0.2) is 5.15 Å². The second-order valence-electron chi connectivity index (χ2n) is 3.50. The molecular weight excluding hydrogens is 387 g/mol. The predicted octanol–water partition coefficient (Wildman–Crippen LogP) is 5.49. The molecule has 1 atom stereocenters. The lowest BCUT2D eigenvalue weighted by Gasteiger charge is -2.14. The maximum absolute atomic E-state index is 6.03. The molecule has 0 aliphatic heterocycles. The van der Waals surface area contributed by atoms with E-state index in [2.05, 4.69) is 55.2 Å². The van der Waals surface area contributed by atoms with E-state index in [1.54, 1.807) is 17.5 Å². The molecule has 2 rings (SSSR count). The van der Waals surface area contributed by atoms with E-state index >= 15 is 0 Å². The molecule has 0 saturated carbocycles. The first-order valence-electron chi connectivity index (χ1n) is 4.89. The number of rotatable bonds is 3. The van der Waals surface area contributed by atoms with Crippen LogP contribution in [0.15, 0.2) is 32.7 Å². The molecule has 0 aliphatic carbocycles. The van der Waals surface area contributed by atoms with Crippen molar-refractivity contribution in [2.24, 2.45) is 0 Å². The van der Waals surface area contributed by atoms with Gasteiger partial charge in [0.1, 0.15) is 0 Å². The van der Waals surface area contributed by atoms with Gasteiger partial charge < -0.3 is 5.32 Å². The normalized spacial score (nSPS) is 12.5. The average molecular weight is 397 g/mol. The summed E-state index contributed by atoms with van der Waals surface area (Å²) in [5.74, 6) is 0. The highest BCUT2D eigenvalue weighted by molar-refractivity contribution is 9.11. The van der Waals surface area contributed by atoms with Gasteiger partial charge in [0.05, 0.1) is 15.5 Å². The van der Waals surface area contributed by atoms with E-state index in [1.807, 2.05) is 12.1 Å². The Morgan fingerprint density at radius 2 is 2.18 bits per heavy atom. The molecule has 2 aromatic heterocycles. The minimum absolute atomic E-state index is 0.194. The molecule has 1 unspecified atom stereocenters. The number of aromatic nitrogens is 1. The lowest BCUT2D eigenvalue weighted by Crippen LogP contribution is -2.05. The van der Waals surface area contributed by atoms with E-state index in [1.165, 1.54) is 4.88 Å². The first kappa shape index (κ1) is 13.3. The molecule has 0 spiro atoms. The van der Waals surface area contributed by atoms with Crippen molar-refractivity contribution in [2.75, 3.05) is 5.32 Å². The van der Waals surface area contributed by atoms with Crippen LogP contribution in [0.3, 0.4) is 0 Å². The summed E-state index contributed by atoms with van der Waals surface area (Å²) in [5.41, 5.74) is 0.832. The number of pyridine rings is 1. The van der Waals surface area contributed by atoms with Crippen LogP contribution in [0, 0.1) is 0 Å². The summed E-state index contributed by atoms with van der Waals surface area (Å²) in [4.78, 5) is 5.32. The highest BCUT2D eigenvalue weighted by Crippen LogP contribution is 2.31. The third-order valence-corrected chi connectivity index (χ3v) is 4.74. The first-order valence-corrected chi connectivity index (χ1v) is 7.67. The van der Waals surface area contributed by atoms with Crippen molar-refractivity contribution in [1.82, 2.24) is 4.98 Å². The summed E-state index contributed by atoms with van der Waals surface area (Å²) in [5, 5.41) is 3.83. The van der Waals surface area contributed by atoms with E-state index in [-0.39, 0.29) is 6.04 Å². The second-order valence-corrected chi connectivity index (χ2v) is 7.27. The molecule has 0 aromatic carbocycles. The van der Waals surface area contributed by atoms with E-state index < -0.39 is 0 Å². The molecule has 1 N–H and O–H groups in total. The lowest BCUT2D eigenvalue weighted by atomic mass is 10.2. The van der Waals surface area contributed by atoms with Gasteiger partial charge in [-0.2, -0.15) is 0 Å². The number of nitrogens with one attached hydrogen (secondary N) is 1. The minimum Gasteiger partial charge on any atom is -0.375 e. The standard InChI is InChI=1S/C11H9Br2ClN2S/c1-6(9-2-3-10(13)17-9)16-8-4-7(12)5-15-11(8)14/h2-6,16H,1H3. The number of nitrogens with zero attached hydrogens (tertiary/aromatic N) is 1. The van der Waals surface area contributed by atoms with E-state index in [9.17, 15) is 0 Å². The largest absolute Gasteiger partial charge is 0.375 e. The first-order chi connectivity index (χ1) is 8.06. The third-order valence-electron chi connectivity index (χ3n) is 2.20. The van der Waals surface area contributed by atoms with Crippen molar-refractivity contribution in [3.8, 4) is 0 Å². The zero-order valence-electron chi connectivity index (χ0n) is 8.88. The zero-order chi connectivity index (χ0) is 12.4. The third kappa shape index (κ3) is 3.44. The molecule has 17 heavy (non-hydrogen) atoms. The Kier molecular flexibility index (Phi) is 4.47. The molecule has 0 radical (unpaired) electrons. The number of hydrogen-bond acceptors (Lipinski definition) is 3. The maximum Gasteiger partial charge on any atom is 0.152 e. The van der Waals surface area contributed by atoms with Crippen molar-refractivity contribution < 1.29 is 0 Å². The van der Waals surface area contributed by atoms with Gasteiger partial charge in [0.25, 0.3) is 0 Å². The fourth-order valence-electron chi connectivity index (χ4n) is 1.39. The smallest absolute Gasteiger partial charge is 0.152 e. The Morgan fingerprint density at radius 1 is 1.41 bits per heavy atom. The van der Waals surface area contributed by atoms with Crippen molar-refractivity contribution >= 4 is 60.5 Å². The van der Waals surface area contributed by atoms with Gasteiger partial charge in [-0.1, -0.05) is 11.6 Å². The Balaban J connectivity index is 2.18. The molecule has 0 saturated heterocycles. The number of anilines is 1. The molecule has 0 bridgehead atoms. The Labute approximate surface area is 126 Å². The van der Waals surface area contributed by atoms with Gasteiger partial charge in [-0.3, -0.25) is 0 Å². The highest BCUT2D eigenvalue weighted by atomic mass is 79.9. The van der Waals surface area contributed by atoms with Gasteiger partial charge in [-0.05, 0) is 57.0 Å². The number of thiophene rings is 1. The summed E-state index contributed by atoms with van der Waals surface area (Å²) in [6, 6.07) is 6.25. The van der Waals surface area contributed by atoms with Gasteiger partial charge in [0.2, 0.25) is 0 Å². The fourth-order valence-corrected chi connectivity index (χ4v) is 3.30. The molecule has 90 valence electrons. The van der Waals surface area contributed by atoms with Crippen LogP contribution in [-0.2, 0) is 0 Å². The predicted molar refractivity (Wildman–Crippen MR) is 81.0 cm³/mol. The maximum atomic E-state index is 6.03. The summed E-state index contributed by atoms with van der Waals surface area (Å²) in [6.07, 6.45) is 1.68.